The Kier molecular flexibility index (Phi) is 7.96. The number of ether oxygens (including phenoxy) is 1. The Hall–Kier alpha value is -3.08. The highest BCUT2D eigenvalue weighted by molar-refractivity contribution is 7.89. The van der Waals surface area contributed by atoms with Gasteiger partial charge in [0.25, 0.3) is 0 Å². The van der Waals surface area contributed by atoms with E-state index in [2.05, 4.69) is 10.3 Å². The molecule has 1 aromatic heterocycles. The number of aromatic nitrogens is 1. The van der Waals surface area contributed by atoms with Crippen molar-refractivity contribution in [3.8, 4) is 11.5 Å². The molecule has 174 valence electrons. The molecule has 0 spiro atoms. The number of anilines is 1. The Morgan fingerprint density at radius 3 is 2.48 bits per heavy atom. The summed E-state index contributed by atoms with van der Waals surface area (Å²) in [5.74, 6) is -0.355. The maximum absolute atomic E-state index is 13.2. The van der Waals surface area contributed by atoms with Crippen LogP contribution in [0.1, 0.15) is 24.5 Å². The number of benzene rings is 2. The van der Waals surface area contributed by atoms with Crippen molar-refractivity contribution in [3.63, 3.8) is 0 Å². The fourth-order valence-electron chi connectivity index (χ4n) is 2.99. The van der Waals surface area contributed by atoms with Crippen molar-refractivity contribution in [2.24, 2.45) is 0 Å². The van der Waals surface area contributed by atoms with Gasteiger partial charge in [-0.2, -0.15) is 4.31 Å². The summed E-state index contributed by atoms with van der Waals surface area (Å²) < 4.78 is 46.3. The van der Waals surface area contributed by atoms with Crippen molar-refractivity contribution < 1.29 is 22.3 Å². The lowest BCUT2D eigenvalue weighted by atomic mass is 10.2. The topological polar surface area (TPSA) is 88.6 Å². The highest BCUT2D eigenvalue weighted by Crippen LogP contribution is 2.33. The van der Waals surface area contributed by atoms with Gasteiger partial charge in [-0.25, -0.2) is 17.8 Å². The van der Waals surface area contributed by atoms with Crippen molar-refractivity contribution in [1.29, 1.82) is 0 Å². The second-order valence-corrected chi connectivity index (χ2v) is 9.92. The number of nitrogens with zero attached hydrogens (tertiary/aromatic N) is 2. The number of amides is 1. The quantitative estimate of drug-likeness (QED) is 0.424. The summed E-state index contributed by atoms with van der Waals surface area (Å²) in [5.41, 5.74) is 0.810. The summed E-state index contributed by atoms with van der Waals surface area (Å²) in [6.07, 6.45) is 2.87. The zero-order valence-electron chi connectivity index (χ0n) is 18.4. The molecule has 1 heterocycles. The number of aryl methyl sites for hydroxylation is 1. The molecule has 0 fully saturated rings. The molecule has 0 aliphatic heterocycles. The molecule has 0 unspecified atom stereocenters. The van der Waals surface area contributed by atoms with Gasteiger partial charge in [0.2, 0.25) is 15.9 Å². The molecule has 0 saturated heterocycles. The summed E-state index contributed by atoms with van der Waals surface area (Å²) in [7, 11) is -3.76. The number of hydrogen-bond acceptors (Lipinski definition) is 6. The Bertz CT molecular complexity index is 1250. The number of halogens is 1. The van der Waals surface area contributed by atoms with Crippen molar-refractivity contribution in [2.45, 2.75) is 25.7 Å². The molecule has 1 N–H and O–H groups in total. The maximum atomic E-state index is 13.2. The normalized spacial score (nSPS) is 11.8. The highest BCUT2D eigenvalue weighted by Gasteiger charge is 2.23. The van der Waals surface area contributed by atoms with Crippen molar-refractivity contribution in [3.05, 3.63) is 70.4 Å². The summed E-state index contributed by atoms with van der Waals surface area (Å²) in [5, 5.41) is 5.37. The van der Waals surface area contributed by atoms with Gasteiger partial charge in [0.05, 0.1) is 21.3 Å². The Balaban J connectivity index is 1.94. The second-order valence-electron chi connectivity index (χ2n) is 6.92. The summed E-state index contributed by atoms with van der Waals surface area (Å²) >= 11 is 1.46. The lowest BCUT2D eigenvalue weighted by molar-refractivity contribution is -0.111. The van der Waals surface area contributed by atoms with Gasteiger partial charge in [-0.3, -0.25) is 4.79 Å². The number of carbonyl (C=O) groups is 1. The first-order valence-corrected chi connectivity index (χ1v) is 12.5. The van der Waals surface area contributed by atoms with Crippen LogP contribution < -0.4 is 10.1 Å². The van der Waals surface area contributed by atoms with Crippen LogP contribution in [0, 0.1) is 12.7 Å². The lowest BCUT2D eigenvalue weighted by Crippen LogP contribution is -2.30. The number of sulfonamides is 1. The molecule has 10 heteroatoms. The minimum Gasteiger partial charge on any atom is -0.455 e. The van der Waals surface area contributed by atoms with Gasteiger partial charge in [-0.1, -0.05) is 13.8 Å². The molecule has 0 radical (unpaired) electrons. The van der Waals surface area contributed by atoms with Crippen LogP contribution in [0.3, 0.4) is 0 Å². The van der Waals surface area contributed by atoms with E-state index in [0.717, 1.165) is 5.01 Å². The average Bonchev–Trinajstić information content (AvgIpc) is 3.20. The molecule has 3 rings (SSSR count). The Morgan fingerprint density at radius 2 is 1.88 bits per heavy atom. The Labute approximate surface area is 196 Å². The third-order valence-electron chi connectivity index (χ3n) is 4.64. The average molecular weight is 490 g/mol. The van der Waals surface area contributed by atoms with E-state index in [0.29, 0.717) is 24.5 Å². The second kappa shape index (κ2) is 10.7. The van der Waals surface area contributed by atoms with Gasteiger partial charge in [-0.15, -0.1) is 11.3 Å². The summed E-state index contributed by atoms with van der Waals surface area (Å²) in [6.45, 7) is 5.98. The Morgan fingerprint density at radius 1 is 1.18 bits per heavy atom. The van der Waals surface area contributed by atoms with Crippen molar-refractivity contribution in [2.75, 3.05) is 18.4 Å². The number of carbonyl (C=O) groups excluding carboxylic acids is 1. The molecule has 0 aliphatic carbocycles. The van der Waals surface area contributed by atoms with Gasteiger partial charge in [-0.05, 0) is 55.5 Å². The standard InChI is InChI=1S/C23H24FN3O4S2/c1-4-27(5-2)33(29,30)20-11-12-22(31-19-9-6-17(24)7-10-19)21(14-20)26-23(28)13-8-18-15-32-16(3)25-18/h6-15H,4-5H2,1-3H3,(H,26,28)/b13-8+. The smallest absolute Gasteiger partial charge is 0.248 e. The van der Waals surface area contributed by atoms with Gasteiger partial charge in [0.1, 0.15) is 11.6 Å². The fourth-order valence-corrected chi connectivity index (χ4v) is 5.06. The molecule has 2 aromatic carbocycles. The minimum absolute atomic E-state index is 0.0204. The first-order valence-electron chi connectivity index (χ1n) is 10.2. The van der Waals surface area contributed by atoms with Crippen LogP contribution in [0.5, 0.6) is 11.5 Å². The van der Waals surface area contributed by atoms with Gasteiger partial charge >= 0.3 is 0 Å². The first kappa shape index (κ1) is 24.6. The number of hydrogen-bond donors (Lipinski definition) is 1. The summed E-state index contributed by atoms with van der Waals surface area (Å²) in [4.78, 5) is 16.8. The monoisotopic (exact) mass is 489 g/mol. The SMILES string of the molecule is CCN(CC)S(=O)(=O)c1ccc(Oc2ccc(F)cc2)c(NC(=O)/C=C/c2csc(C)n2)c1. The molecule has 1 amide bonds. The molecule has 33 heavy (non-hydrogen) atoms. The van der Waals surface area contributed by atoms with E-state index in [1.165, 1.54) is 64.2 Å². The zero-order valence-corrected chi connectivity index (χ0v) is 20.0. The minimum atomic E-state index is -3.76. The van der Waals surface area contributed by atoms with E-state index >= 15 is 0 Å². The largest absolute Gasteiger partial charge is 0.455 e. The molecule has 0 saturated carbocycles. The highest BCUT2D eigenvalue weighted by atomic mass is 32.2. The number of rotatable bonds is 9. The molecule has 0 atom stereocenters. The van der Waals surface area contributed by atoms with Crippen LogP contribution in [0.25, 0.3) is 6.08 Å². The predicted molar refractivity (Wildman–Crippen MR) is 128 cm³/mol. The van der Waals surface area contributed by atoms with E-state index in [9.17, 15) is 17.6 Å². The molecular weight excluding hydrogens is 465 g/mol. The predicted octanol–water partition coefficient (Wildman–Crippen LogP) is 5.07. The van der Waals surface area contributed by atoms with Crippen LogP contribution in [-0.4, -0.2) is 36.7 Å². The molecular formula is C23H24FN3O4S2. The van der Waals surface area contributed by atoms with E-state index in [1.54, 1.807) is 19.9 Å². The zero-order chi connectivity index (χ0) is 24.0. The van der Waals surface area contributed by atoms with Gasteiger partial charge in [0.15, 0.2) is 5.75 Å². The van der Waals surface area contributed by atoms with Crippen LogP contribution in [-0.2, 0) is 14.8 Å². The van der Waals surface area contributed by atoms with E-state index in [1.807, 2.05) is 12.3 Å². The van der Waals surface area contributed by atoms with Gasteiger partial charge < -0.3 is 10.1 Å². The maximum Gasteiger partial charge on any atom is 0.248 e. The molecule has 7 nitrogen and oxygen atoms in total. The van der Waals surface area contributed by atoms with Crippen LogP contribution in [0.2, 0.25) is 0 Å². The first-order chi connectivity index (χ1) is 15.7. The third-order valence-corrected chi connectivity index (χ3v) is 7.47. The van der Waals surface area contributed by atoms with E-state index in [4.69, 9.17) is 4.74 Å². The summed E-state index contributed by atoms with van der Waals surface area (Å²) in [6, 6.07) is 9.58. The van der Waals surface area contributed by atoms with Crippen LogP contribution >= 0.6 is 11.3 Å². The molecule has 0 aliphatic rings. The third kappa shape index (κ3) is 6.25. The van der Waals surface area contributed by atoms with Crippen molar-refractivity contribution in [1.82, 2.24) is 9.29 Å². The fraction of sp³-hybridized carbons (Fsp3) is 0.217. The van der Waals surface area contributed by atoms with Gasteiger partial charge in [0, 0.05) is 24.5 Å². The number of thiazole rings is 1. The van der Waals surface area contributed by atoms with E-state index < -0.39 is 21.7 Å². The van der Waals surface area contributed by atoms with Crippen molar-refractivity contribution >= 4 is 39.0 Å². The number of nitrogens with one attached hydrogen (secondary N) is 1. The van der Waals surface area contributed by atoms with Crippen LogP contribution in [0.15, 0.2) is 58.8 Å². The van der Waals surface area contributed by atoms with E-state index in [-0.39, 0.29) is 16.3 Å². The molecule has 3 aromatic rings. The van der Waals surface area contributed by atoms with Crippen LogP contribution in [0.4, 0.5) is 10.1 Å². The molecule has 0 bridgehead atoms. The lowest BCUT2D eigenvalue weighted by Gasteiger charge is -2.20.